The molecular weight excluding hydrogens is 356 g/mol. The lowest BCUT2D eigenvalue weighted by molar-refractivity contribution is -0.142. The second-order valence-corrected chi connectivity index (χ2v) is 7.80. The van der Waals surface area contributed by atoms with Crippen molar-refractivity contribution in [2.24, 2.45) is 11.8 Å². The van der Waals surface area contributed by atoms with E-state index in [4.69, 9.17) is 5.11 Å². The Kier molecular flexibility index (Phi) is 7.74. The fourth-order valence-electron chi connectivity index (χ4n) is 1.90. The fraction of sp³-hybridized carbons (Fsp3) is 0.571. The van der Waals surface area contributed by atoms with Gasteiger partial charge in [-0.25, -0.2) is 4.79 Å². The van der Waals surface area contributed by atoms with Gasteiger partial charge in [-0.1, -0.05) is 13.8 Å². The molecule has 7 heteroatoms. The number of hydrogen-bond acceptors (Lipinski definition) is 3. The molecule has 0 aromatic carbocycles. The van der Waals surface area contributed by atoms with Crippen molar-refractivity contribution in [2.45, 2.75) is 26.7 Å². The summed E-state index contributed by atoms with van der Waals surface area (Å²) in [7, 11) is 0. The van der Waals surface area contributed by atoms with E-state index in [0.29, 0.717) is 13.0 Å². The predicted molar refractivity (Wildman–Crippen MR) is 87.7 cm³/mol. The van der Waals surface area contributed by atoms with Crippen molar-refractivity contribution in [1.82, 2.24) is 10.6 Å². The van der Waals surface area contributed by atoms with Gasteiger partial charge in [0.25, 0.3) is 0 Å². The summed E-state index contributed by atoms with van der Waals surface area (Å²) in [5.74, 6) is -1.12. The average molecular weight is 377 g/mol. The second kappa shape index (κ2) is 9.04. The first-order valence-corrected chi connectivity index (χ1v) is 8.48. The van der Waals surface area contributed by atoms with Crippen molar-refractivity contribution in [2.75, 3.05) is 13.1 Å². The van der Waals surface area contributed by atoms with Crippen LogP contribution in [0, 0.1) is 11.8 Å². The van der Waals surface area contributed by atoms with Crippen molar-refractivity contribution >= 4 is 39.3 Å². The van der Waals surface area contributed by atoms with Gasteiger partial charge in [-0.2, -0.15) is 0 Å². The summed E-state index contributed by atoms with van der Waals surface area (Å²) < 4.78 is 1.07. The number of aliphatic carboxylic acids is 1. The summed E-state index contributed by atoms with van der Waals surface area (Å²) >= 11 is 5.03. The molecule has 3 N–H and O–H groups in total. The molecule has 0 aliphatic carbocycles. The van der Waals surface area contributed by atoms with E-state index in [9.17, 15) is 9.59 Å². The van der Waals surface area contributed by atoms with Crippen molar-refractivity contribution in [3.63, 3.8) is 0 Å². The van der Waals surface area contributed by atoms with Crippen LogP contribution in [0.25, 0.3) is 0 Å². The molecule has 0 saturated carbocycles. The molecule has 0 bridgehead atoms. The summed E-state index contributed by atoms with van der Waals surface area (Å²) in [6.45, 7) is 4.62. The second-order valence-electron chi connectivity index (χ2n) is 5.26. The Morgan fingerprint density at radius 1 is 1.33 bits per heavy atom. The lowest BCUT2D eigenvalue weighted by Gasteiger charge is -2.15. The van der Waals surface area contributed by atoms with E-state index in [1.807, 2.05) is 26.0 Å². The number of carboxylic acids is 1. The molecule has 21 heavy (non-hydrogen) atoms. The topological polar surface area (TPSA) is 78.4 Å². The van der Waals surface area contributed by atoms with Crippen LogP contribution in [0.5, 0.6) is 0 Å². The van der Waals surface area contributed by atoms with Crippen LogP contribution in [0.3, 0.4) is 0 Å². The van der Waals surface area contributed by atoms with Crippen LogP contribution in [-0.2, 0) is 11.2 Å². The molecule has 0 aliphatic rings. The molecule has 1 heterocycles. The van der Waals surface area contributed by atoms with Crippen molar-refractivity contribution < 1.29 is 14.7 Å². The molecule has 0 saturated heterocycles. The zero-order valence-electron chi connectivity index (χ0n) is 12.2. The van der Waals surface area contributed by atoms with Crippen molar-refractivity contribution in [3.8, 4) is 0 Å². The van der Waals surface area contributed by atoms with Gasteiger partial charge >= 0.3 is 12.0 Å². The zero-order valence-corrected chi connectivity index (χ0v) is 14.6. The Morgan fingerprint density at radius 2 is 2.05 bits per heavy atom. The Bertz CT molecular complexity index is 477. The van der Waals surface area contributed by atoms with Gasteiger partial charge < -0.3 is 15.7 Å². The van der Waals surface area contributed by atoms with Gasteiger partial charge in [0.15, 0.2) is 0 Å². The van der Waals surface area contributed by atoms with Crippen LogP contribution < -0.4 is 10.6 Å². The van der Waals surface area contributed by atoms with Gasteiger partial charge in [-0.05, 0) is 46.8 Å². The number of urea groups is 1. The first-order chi connectivity index (χ1) is 9.88. The zero-order chi connectivity index (χ0) is 15.8. The van der Waals surface area contributed by atoms with E-state index in [1.165, 1.54) is 4.88 Å². The summed E-state index contributed by atoms with van der Waals surface area (Å²) in [6.07, 6.45) is 1.32. The van der Waals surface area contributed by atoms with E-state index in [0.717, 1.165) is 10.2 Å². The van der Waals surface area contributed by atoms with Crippen LogP contribution in [0.2, 0.25) is 0 Å². The maximum atomic E-state index is 11.6. The molecule has 0 radical (unpaired) electrons. The van der Waals surface area contributed by atoms with Crippen LogP contribution >= 0.6 is 27.3 Å². The first kappa shape index (κ1) is 18.0. The molecule has 1 atom stereocenters. The molecule has 1 unspecified atom stereocenters. The molecule has 0 aliphatic heterocycles. The monoisotopic (exact) mass is 376 g/mol. The standard InChI is InChI=1S/C14H21BrN2O3S/c1-9(2)7-10(13(18)19)8-17-14(20)16-6-5-11-3-4-12(15)21-11/h3-4,9-10H,5-8H2,1-2H3,(H,18,19)(H2,16,17,20). The number of carbonyl (C=O) groups excluding carboxylic acids is 1. The smallest absolute Gasteiger partial charge is 0.314 e. The third-order valence-electron chi connectivity index (χ3n) is 2.90. The molecule has 1 aromatic rings. The van der Waals surface area contributed by atoms with Crippen LogP contribution in [-0.4, -0.2) is 30.2 Å². The fourth-order valence-corrected chi connectivity index (χ4v) is 3.39. The third-order valence-corrected chi connectivity index (χ3v) is 4.58. The Morgan fingerprint density at radius 3 is 2.57 bits per heavy atom. The minimum absolute atomic E-state index is 0.157. The highest BCUT2D eigenvalue weighted by Crippen LogP contribution is 2.22. The van der Waals surface area contributed by atoms with Crippen LogP contribution in [0.1, 0.15) is 25.1 Å². The number of carbonyl (C=O) groups is 2. The molecule has 0 spiro atoms. The number of hydrogen-bond donors (Lipinski definition) is 3. The van der Waals surface area contributed by atoms with E-state index in [-0.39, 0.29) is 18.5 Å². The highest BCUT2D eigenvalue weighted by molar-refractivity contribution is 9.11. The normalized spacial score (nSPS) is 12.2. The summed E-state index contributed by atoms with van der Waals surface area (Å²) in [5, 5.41) is 14.4. The maximum absolute atomic E-state index is 11.6. The molecular formula is C14H21BrN2O3S. The van der Waals surface area contributed by atoms with E-state index in [2.05, 4.69) is 26.6 Å². The van der Waals surface area contributed by atoms with E-state index in [1.54, 1.807) is 11.3 Å². The van der Waals surface area contributed by atoms with Gasteiger partial charge in [0.2, 0.25) is 0 Å². The lowest BCUT2D eigenvalue weighted by Crippen LogP contribution is -2.40. The minimum Gasteiger partial charge on any atom is -0.481 e. The molecule has 0 fully saturated rings. The average Bonchev–Trinajstić information content (AvgIpc) is 2.79. The molecule has 5 nitrogen and oxygen atoms in total. The Hall–Kier alpha value is -1.08. The highest BCUT2D eigenvalue weighted by Gasteiger charge is 2.19. The van der Waals surface area contributed by atoms with E-state index < -0.39 is 11.9 Å². The minimum atomic E-state index is -0.868. The van der Waals surface area contributed by atoms with Gasteiger partial charge in [0, 0.05) is 18.0 Å². The Balaban J connectivity index is 2.24. The summed E-state index contributed by atoms with van der Waals surface area (Å²) in [6, 6.07) is 3.67. The van der Waals surface area contributed by atoms with E-state index >= 15 is 0 Å². The van der Waals surface area contributed by atoms with Crippen molar-refractivity contribution in [3.05, 3.63) is 20.8 Å². The Labute approximate surface area is 137 Å². The van der Waals surface area contributed by atoms with Crippen LogP contribution in [0.4, 0.5) is 4.79 Å². The molecule has 1 aromatic heterocycles. The van der Waals surface area contributed by atoms with Gasteiger partial charge in [-0.15, -0.1) is 11.3 Å². The highest BCUT2D eigenvalue weighted by atomic mass is 79.9. The van der Waals surface area contributed by atoms with Crippen molar-refractivity contribution in [1.29, 1.82) is 0 Å². The number of carboxylic acid groups (broad SMARTS) is 1. The number of nitrogens with one attached hydrogen (secondary N) is 2. The number of rotatable bonds is 8. The van der Waals surface area contributed by atoms with Crippen LogP contribution in [0.15, 0.2) is 15.9 Å². The number of amides is 2. The third kappa shape index (κ3) is 7.47. The molecule has 1 rings (SSSR count). The van der Waals surface area contributed by atoms with Gasteiger partial charge in [0.05, 0.1) is 9.70 Å². The molecule has 118 valence electrons. The predicted octanol–water partition coefficient (Wildman–Crippen LogP) is 3.10. The van der Waals surface area contributed by atoms with Gasteiger partial charge in [-0.3, -0.25) is 4.79 Å². The summed E-state index contributed by atoms with van der Waals surface area (Å²) in [5.41, 5.74) is 0. The maximum Gasteiger partial charge on any atom is 0.314 e. The summed E-state index contributed by atoms with van der Waals surface area (Å²) in [4.78, 5) is 23.9. The molecule has 2 amide bonds. The quantitative estimate of drug-likeness (QED) is 0.652. The number of thiophene rings is 1. The first-order valence-electron chi connectivity index (χ1n) is 6.87. The largest absolute Gasteiger partial charge is 0.481 e. The van der Waals surface area contributed by atoms with Gasteiger partial charge in [0.1, 0.15) is 0 Å². The lowest BCUT2D eigenvalue weighted by atomic mass is 9.97. The SMILES string of the molecule is CC(C)CC(CNC(=O)NCCc1ccc(Br)s1)C(=O)O. The number of halogens is 1.